The number of hydrogen-bond donors (Lipinski definition) is 2. The fourth-order valence-corrected chi connectivity index (χ4v) is 5.25. The van der Waals surface area contributed by atoms with Crippen molar-refractivity contribution in [2.45, 2.75) is 76.4 Å². The maximum Gasteiger partial charge on any atom is 0.244 e. The Morgan fingerprint density at radius 2 is 1.79 bits per heavy atom. The van der Waals surface area contributed by atoms with Crippen LogP contribution < -0.4 is 14.8 Å². The summed E-state index contributed by atoms with van der Waals surface area (Å²) in [5.74, 6) is 0.406. The van der Waals surface area contributed by atoms with Gasteiger partial charge in [-0.05, 0) is 72.1 Å². The third-order valence-corrected chi connectivity index (χ3v) is 5.74. The number of sulfonamides is 1. The molecule has 1 aromatic rings. The molecule has 136 valence electrons. The van der Waals surface area contributed by atoms with Gasteiger partial charge >= 0.3 is 0 Å². The van der Waals surface area contributed by atoms with Crippen molar-refractivity contribution in [2.75, 3.05) is 6.61 Å². The molecule has 0 bridgehead atoms. The van der Waals surface area contributed by atoms with Crippen LogP contribution in [0.2, 0.25) is 0 Å². The summed E-state index contributed by atoms with van der Waals surface area (Å²) in [5.41, 5.74) is 0.652. The van der Waals surface area contributed by atoms with Crippen LogP contribution in [0.15, 0.2) is 23.1 Å². The van der Waals surface area contributed by atoms with Gasteiger partial charge in [-0.2, -0.15) is 0 Å². The molecule has 0 unspecified atom stereocenters. The smallest absolute Gasteiger partial charge is 0.244 e. The zero-order valence-electron chi connectivity index (χ0n) is 15.6. The van der Waals surface area contributed by atoms with E-state index in [0.29, 0.717) is 12.4 Å². The quantitative estimate of drug-likeness (QED) is 0.853. The van der Waals surface area contributed by atoms with E-state index in [1.807, 2.05) is 19.9 Å². The van der Waals surface area contributed by atoms with E-state index in [4.69, 9.17) is 4.74 Å². The summed E-state index contributed by atoms with van der Waals surface area (Å²) in [4.78, 5) is 0.221. The van der Waals surface area contributed by atoms with Crippen LogP contribution in [-0.2, 0) is 10.0 Å². The van der Waals surface area contributed by atoms with Gasteiger partial charge in [0.2, 0.25) is 10.0 Å². The van der Waals surface area contributed by atoms with Crippen LogP contribution in [0.1, 0.15) is 53.0 Å². The number of nitrogens with one attached hydrogen (secondary N) is 2. The van der Waals surface area contributed by atoms with Crippen LogP contribution in [0, 0.1) is 6.92 Å². The first kappa shape index (κ1) is 19.2. The molecule has 1 fully saturated rings. The maximum absolute atomic E-state index is 13.0. The SMILES string of the molecule is CCOc1ccc(C)cc1S(=O)(=O)NC1CC(C)(C)NC(C)(C)C1. The molecule has 0 saturated carbocycles. The van der Waals surface area contributed by atoms with Gasteiger partial charge < -0.3 is 10.1 Å². The molecule has 2 N–H and O–H groups in total. The van der Waals surface area contributed by atoms with Gasteiger partial charge in [0.25, 0.3) is 0 Å². The van der Waals surface area contributed by atoms with Gasteiger partial charge in [-0.25, -0.2) is 13.1 Å². The number of piperidine rings is 1. The Hall–Kier alpha value is -1.11. The summed E-state index contributed by atoms with van der Waals surface area (Å²) in [5, 5.41) is 3.57. The van der Waals surface area contributed by atoms with Crippen molar-refractivity contribution in [3.63, 3.8) is 0 Å². The molecule has 2 rings (SSSR count). The fraction of sp³-hybridized carbons (Fsp3) is 0.667. The van der Waals surface area contributed by atoms with E-state index in [1.54, 1.807) is 12.1 Å². The minimum absolute atomic E-state index is 0.115. The minimum Gasteiger partial charge on any atom is -0.492 e. The second-order valence-electron chi connectivity index (χ2n) is 8.00. The summed E-state index contributed by atoms with van der Waals surface area (Å²) in [7, 11) is -3.64. The van der Waals surface area contributed by atoms with E-state index in [2.05, 4.69) is 37.7 Å². The average Bonchev–Trinajstić information content (AvgIpc) is 2.36. The highest BCUT2D eigenvalue weighted by molar-refractivity contribution is 7.89. The van der Waals surface area contributed by atoms with Crippen LogP contribution >= 0.6 is 0 Å². The molecule has 6 heteroatoms. The Bertz CT molecular complexity index is 680. The number of rotatable bonds is 5. The Labute approximate surface area is 146 Å². The molecular formula is C18H30N2O3S. The van der Waals surface area contributed by atoms with Gasteiger partial charge in [0.15, 0.2) is 0 Å². The van der Waals surface area contributed by atoms with Gasteiger partial charge in [0.05, 0.1) is 6.61 Å². The van der Waals surface area contributed by atoms with Crippen molar-refractivity contribution in [1.29, 1.82) is 0 Å². The molecular weight excluding hydrogens is 324 g/mol. The lowest BCUT2D eigenvalue weighted by molar-refractivity contribution is 0.157. The monoisotopic (exact) mass is 354 g/mol. The molecule has 24 heavy (non-hydrogen) atoms. The summed E-state index contributed by atoms with van der Waals surface area (Å²) >= 11 is 0. The standard InChI is InChI=1S/C18H30N2O3S/c1-7-23-15-9-8-13(2)10-16(15)24(21,22)19-14-11-17(3,4)20-18(5,6)12-14/h8-10,14,19-20H,7,11-12H2,1-6H3. The highest BCUT2D eigenvalue weighted by Gasteiger charge is 2.39. The molecule has 1 heterocycles. The molecule has 0 radical (unpaired) electrons. The van der Waals surface area contributed by atoms with Crippen LogP contribution in [0.5, 0.6) is 5.75 Å². The largest absolute Gasteiger partial charge is 0.492 e. The molecule has 0 aliphatic carbocycles. The molecule has 0 atom stereocenters. The summed E-state index contributed by atoms with van der Waals surface area (Å²) in [6.07, 6.45) is 1.48. The van der Waals surface area contributed by atoms with E-state index in [-0.39, 0.29) is 22.0 Å². The molecule has 1 aliphatic rings. The Balaban J connectivity index is 2.30. The highest BCUT2D eigenvalue weighted by Crippen LogP contribution is 2.31. The predicted molar refractivity (Wildman–Crippen MR) is 97.0 cm³/mol. The van der Waals surface area contributed by atoms with Crippen molar-refractivity contribution in [1.82, 2.24) is 10.0 Å². The fourth-order valence-electron chi connectivity index (χ4n) is 3.79. The number of hydrogen-bond acceptors (Lipinski definition) is 4. The molecule has 0 spiro atoms. The Morgan fingerprint density at radius 1 is 1.21 bits per heavy atom. The second-order valence-corrected chi connectivity index (χ2v) is 9.68. The van der Waals surface area contributed by atoms with Crippen LogP contribution in [0.4, 0.5) is 0 Å². The molecule has 0 amide bonds. The lowest BCUT2D eigenvalue weighted by atomic mass is 9.80. The van der Waals surface area contributed by atoms with Crippen molar-refractivity contribution >= 4 is 10.0 Å². The Kier molecular flexibility index (Phi) is 5.33. The van der Waals surface area contributed by atoms with E-state index in [1.165, 1.54) is 0 Å². The molecule has 0 aromatic heterocycles. The predicted octanol–water partition coefficient (Wildman–Crippen LogP) is 2.98. The first-order chi connectivity index (χ1) is 10.9. The number of ether oxygens (including phenoxy) is 1. The summed E-state index contributed by atoms with van der Waals surface area (Å²) < 4.78 is 34.3. The number of aryl methyl sites for hydroxylation is 1. The minimum atomic E-state index is -3.64. The topological polar surface area (TPSA) is 67.4 Å². The molecule has 1 aromatic carbocycles. The van der Waals surface area contributed by atoms with Crippen LogP contribution in [-0.4, -0.2) is 32.1 Å². The lowest BCUT2D eigenvalue weighted by Gasteiger charge is -2.46. The third kappa shape index (κ3) is 4.71. The maximum atomic E-state index is 13.0. The summed E-state index contributed by atoms with van der Waals surface area (Å²) in [6, 6.07) is 5.14. The van der Waals surface area contributed by atoms with Crippen LogP contribution in [0.3, 0.4) is 0 Å². The van der Waals surface area contributed by atoms with E-state index in [9.17, 15) is 8.42 Å². The lowest BCUT2D eigenvalue weighted by Crippen LogP contribution is -2.62. The van der Waals surface area contributed by atoms with Gasteiger partial charge in [0, 0.05) is 17.1 Å². The van der Waals surface area contributed by atoms with Crippen LogP contribution in [0.25, 0.3) is 0 Å². The van der Waals surface area contributed by atoms with E-state index < -0.39 is 10.0 Å². The van der Waals surface area contributed by atoms with E-state index >= 15 is 0 Å². The van der Waals surface area contributed by atoms with E-state index in [0.717, 1.165) is 18.4 Å². The first-order valence-electron chi connectivity index (χ1n) is 8.49. The second kappa shape index (κ2) is 6.65. The van der Waals surface area contributed by atoms with Gasteiger partial charge in [-0.1, -0.05) is 6.07 Å². The van der Waals surface area contributed by atoms with Gasteiger partial charge in [-0.3, -0.25) is 0 Å². The summed E-state index contributed by atoms with van der Waals surface area (Å²) in [6.45, 7) is 12.6. The van der Waals surface area contributed by atoms with Crippen molar-refractivity contribution in [2.24, 2.45) is 0 Å². The normalized spacial score (nSPS) is 20.8. The molecule has 1 aliphatic heterocycles. The van der Waals surface area contributed by atoms with Gasteiger partial charge in [-0.15, -0.1) is 0 Å². The van der Waals surface area contributed by atoms with Gasteiger partial charge in [0.1, 0.15) is 10.6 Å². The third-order valence-electron chi connectivity index (χ3n) is 4.20. The molecule has 5 nitrogen and oxygen atoms in total. The zero-order valence-corrected chi connectivity index (χ0v) is 16.4. The molecule has 1 saturated heterocycles. The highest BCUT2D eigenvalue weighted by atomic mass is 32.2. The van der Waals surface area contributed by atoms with Crippen molar-refractivity contribution < 1.29 is 13.2 Å². The average molecular weight is 355 g/mol. The number of benzene rings is 1. The van der Waals surface area contributed by atoms with Crippen molar-refractivity contribution in [3.8, 4) is 5.75 Å². The Morgan fingerprint density at radius 3 is 2.33 bits per heavy atom. The zero-order chi connectivity index (χ0) is 18.2. The first-order valence-corrected chi connectivity index (χ1v) is 9.97. The van der Waals surface area contributed by atoms with Crippen molar-refractivity contribution in [3.05, 3.63) is 23.8 Å².